The van der Waals surface area contributed by atoms with Crippen molar-refractivity contribution in [2.75, 3.05) is 18.4 Å². The van der Waals surface area contributed by atoms with Crippen molar-refractivity contribution in [3.63, 3.8) is 0 Å². The number of carbonyl (C=O) groups is 1. The van der Waals surface area contributed by atoms with Crippen molar-refractivity contribution in [1.29, 1.82) is 0 Å². The fraction of sp³-hybridized carbons (Fsp3) is 0.643. The number of aromatic nitrogens is 2. The number of nitrogens with one attached hydrogen (secondary N) is 1. The van der Waals surface area contributed by atoms with Gasteiger partial charge in [0.25, 0.3) is 5.91 Å². The second-order valence-electron chi connectivity index (χ2n) is 4.87. The molecule has 5 nitrogen and oxygen atoms in total. The van der Waals surface area contributed by atoms with E-state index in [1.54, 1.807) is 12.4 Å². The predicted octanol–water partition coefficient (Wildman–Crippen LogP) is 2.31. The Bertz CT molecular complexity index is 418. The van der Waals surface area contributed by atoms with Crippen LogP contribution in [0.25, 0.3) is 0 Å². The second kappa shape index (κ2) is 6.50. The number of amides is 1. The van der Waals surface area contributed by atoms with Crippen molar-refractivity contribution in [1.82, 2.24) is 14.9 Å². The number of hydrogen-bond acceptors (Lipinski definition) is 4. The fourth-order valence-corrected chi connectivity index (χ4v) is 2.55. The molecule has 1 atom stereocenters. The molecule has 2 heterocycles. The first-order chi connectivity index (χ1) is 9.26. The Morgan fingerprint density at radius 1 is 1.37 bits per heavy atom. The third-order valence-corrected chi connectivity index (χ3v) is 3.59. The Morgan fingerprint density at radius 2 is 2.21 bits per heavy atom. The van der Waals surface area contributed by atoms with E-state index in [0.29, 0.717) is 17.6 Å². The zero-order valence-electron chi connectivity index (χ0n) is 11.7. The van der Waals surface area contributed by atoms with Crippen molar-refractivity contribution in [2.24, 2.45) is 0 Å². The smallest absolute Gasteiger partial charge is 0.274 e. The predicted molar refractivity (Wildman–Crippen MR) is 75.2 cm³/mol. The molecule has 2 rings (SSSR count). The largest absolute Gasteiger partial charge is 0.369 e. The summed E-state index contributed by atoms with van der Waals surface area (Å²) in [6.45, 7) is 5.77. The quantitative estimate of drug-likeness (QED) is 0.904. The Hall–Kier alpha value is -1.65. The number of anilines is 1. The van der Waals surface area contributed by atoms with E-state index in [4.69, 9.17) is 0 Å². The van der Waals surface area contributed by atoms with Gasteiger partial charge in [-0.3, -0.25) is 4.79 Å². The SMILES string of the molecule is CCNc1cnc(C(=O)N2CCCCC2CC)cn1. The van der Waals surface area contributed by atoms with Crippen molar-refractivity contribution in [2.45, 2.75) is 45.6 Å². The molecule has 1 N–H and O–H groups in total. The summed E-state index contributed by atoms with van der Waals surface area (Å²) in [7, 11) is 0. The summed E-state index contributed by atoms with van der Waals surface area (Å²) in [5.41, 5.74) is 0.446. The van der Waals surface area contributed by atoms with Crippen LogP contribution in [0.15, 0.2) is 12.4 Å². The van der Waals surface area contributed by atoms with Gasteiger partial charge in [-0.1, -0.05) is 6.92 Å². The van der Waals surface area contributed by atoms with Gasteiger partial charge in [0.2, 0.25) is 0 Å². The van der Waals surface area contributed by atoms with Crippen molar-refractivity contribution < 1.29 is 4.79 Å². The minimum Gasteiger partial charge on any atom is -0.369 e. The highest BCUT2D eigenvalue weighted by Crippen LogP contribution is 2.21. The monoisotopic (exact) mass is 262 g/mol. The summed E-state index contributed by atoms with van der Waals surface area (Å²) in [6.07, 6.45) is 7.61. The molecule has 1 fully saturated rings. The van der Waals surface area contributed by atoms with Gasteiger partial charge in [-0.05, 0) is 32.6 Å². The van der Waals surface area contributed by atoms with Crippen LogP contribution >= 0.6 is 0 Å². The van der Waals surface area contributed by atoms with Crippen LogP contribution in [-0.2, 0) is 0 Å². The Kier molecular flexibility index (Phi) is 4.71. The molecule has 1 saturated heterocycles. The second-order valence-corrected chi connectivity index (χ2v) is 4.87. The lowest BCUT2D eigenvalue weighted by atomic mass is 10.00. The van der Waals surface area contributed by atoms with Gasteiger partial charge >= 0.3 is 0 Å². The van der Waals surface area contributed by atoms with Crippen molar-refractivity contribution in [3.8, 4) is 0 Å². The van der Waals surface area contributed by atoms with Crippen LogP contribution in [0.4, 0.5) is 5.82 Å². The number of likely N-dealkylation sites (tertiary alicyclic amines) is 1. The number of hydrogen-bond donors (Lipinski definition) is 1. The molecule has 1 unspecified atom stereocenters. The van der Waals surface area contributed by atoms with Gasteiger partial charge in [-0.2, -0.15) is 0 Å². The molecule has 0 radical (unpaired) electrons. The maximum absolute atomic E-state index is 12.4. The number of carbonyl (C=O) groups excluding carboxylic acids is 1. The Labute approximate surface area is 114 Å². The van der Waals surface area contributed by atoms with E-state index >= 15 is 0 Å². The number of piperidine rings is 1. The summed E-state index contributed by atoms with van der Waals surface area (Å²) in [4.78, 5) is 22.8. The molecule has 19 heavy (non-hydrogen) atoms. The summed E-state index contributed by atoms with van der Waals surface area (Å²) in [5, 5.41) is 3.07. The van der Waals surface area contributed by atoms with Gasteiger partial charge in [-0.25, -0.2) is 9.97 Å². The summed E-state index contributed by atoms with van der Waals surface area (Å²) in [6, 6.07) is 0.358. The number of nitrogens with zero attached hydrogens (tertiary/aromatic N) is 3. The first-order valence-electron chi connectivity index (χ1n) is 7.13. The third-order valence-electron chi connectivity index (χ3n) is 3.59. The molecular formula is C14H22N4O. The molecule has 0 spiro atoms. The molecule has 0 aromatic carbocycles. The summed E-state index contributed by atoms with van der Waals surface area (Å²) < 4.78 is 0. The molecule has 1 aromatic rings. The molecule has 0 aliphatic carbocycles. The van der Waals surface area contributed by atoms with Gasteiger partial charge < -0.3 is 10.2 Å². The molecular weight excluding hydrogens is 240 g/mol. The summed E-state index contributed by atoms with van der Waals surface area (Å²) in [5.74, 6) is 0.729. The van der Waals surface area contributed by atoms with E-state index < -0.39 is 0 Å². The van der Waals surface area contributed by atoms with Crippen LogP contribution < -0.4 is 5.32 Å². The van der Waals surface area contributed by atoms with E-state index in [9.17, 15) is 4.79 Å². The van der Waals surface area contributed by atoms with Gasteiger partial charge in [0.05, 0.1) is 12.4 Å². The molecule has 0 saturated carbocycles. The lowest BCUT2D eigenvalue weighted by Gasteiger charge is -2.34. The minimum absolute atomic E-state index is 0.0158. The molecule has 104 valence electrons. The maximum atomic E-state index is 12.4. The Morgan fingerprint density at radius 3 is 2.84 bits per heavy atom. The maximum Gasteiger partial charge on any atom is 0.274 e. The standard InChI is InChI=1S/C14H22N4O/c1-3-11-7-5-6-8-18(11)14(19)12-9-17-13(10-16-12)15-4-2/h9-11H,3-8H2,1-2H3,(H,15,17). The molecule has 1 aromatic heterocycles. The molecule has 5 heteroatoms. The van der Waals surface area contributed by atoms with Crippen LogP contribution in [0.5, 0.6) is 0 Å². The topological polar surface area (TPSA) is 58.1 Å². The molecule has 1 aliphatic rings. The third kappa shape index (κ3) is 3.22. The van der Waals surface area contributed by atoms with Crippen LogP contribution in [0.2, 0.25) is 0 Å². The van der Waals surface area contributed by atoms with Gasteiger partial charge in [-0.15, -0.1) is 0 Å². The lowest BCUT2D eigenvalue weighted by molar-refractivity contribution is 0.0601. The average Bonchev–Trinajstić information content (AvgIpc) is 2.47. The Balaban J connectivity index is 2.09. The van der Waals surface area contributed by atoms with Gasteiger partial charge in [0.15, 0.2) is 0 Å². The van der Waals surface area contributed by atoms with E-state index in [1.807, 2.05) is 11.8 Å². The number of rotatable bonds is 4. The molecule has 1 amide bonds. The van der Waals surface area contributed by atoms with Crippen LogP contribution in [0, 0.1) is 0 Å². The zero-order chi connectivity index (χ0) is 13.7. The van der Waals surface area contributed by atoms with E-state index in [2.05, 4.69) is 22.2 Å². The molecule has 1 aliphatic heterocycles. The summed E-state index contributed by atoms with van der Waals surface area (Å²) >= 11 is 0. The van der Waals surface area contributed by atoms with Gasteiger partial charge in [0, 0.05) is 19.1 Å². The normalized spacial score (nSPS) is 19.3. The zero-order valence-corrected chi connectivity index (χ0v) is 11.7. The van der Waals surface area contributed by atoms with Crippen LogP contribution in [0.1, 0.15) is 50.0 Å². The molecule has 0 bridgehead atoms. The highest BCUT2D eigenvalue weighted by molar-refractivity contribution is 5.92. The van der Waals surface area contributed by atoms with E-state index in [1.165, 1.54) is 6.42 Å². The first-order valence-corrected chi connectivity index (χ1v) is 7.13. The van der Waals surface area contributed by atoms with Crippen LogP contribution in [-0.4, -0.2) is 39.9 Å². The van der Waals surface area contributed by atoms with Crippen molar-refractivity contribution in [3.05, 3.63) is 18.1 Å². The van der Waals surface area contributed by atoms with Crippen molar-refractivity contribution >= 4 is 11.7 Å². The van der Waals surface area contributed by atoms with Crippen LogP contribution in [0.3, 0.4) is 0 Å². The minimum atomic E-state index is 0.0158. The van der Waals surface area contributed by atoms with E-state index in [0.717, 1.165) is 32.4 Å². The first kappa shape index (κ1) is 13.8. The van der Waals surface area contributed by atoms with E-state index in [-0.39, 0.29) is 5.91 Å². The fourth-order valence-electron chi connectivity index (χ4n) is 2.55. The lowest BCUT2D eigenvalue weighted by Crippen LogP contribution is -2.43. The average molecular weight is 262 g/mol. The highest BCUT2D eigenvalue weighted by Gasteiger charge is 2.26. The van der Waals surface area contributed by atoms with Gasteiger partial charge in [0.1, 0.15) is 11.5 Å². The highest BCUT2D eigenvalue weighted by atomic mass is 16.2.